The number of rotatable bonds is 11. The van der Waals surface area contributed by atoms with Gasteiger partial charge in [0.1, 0.15) is 12.6 Å². The lowest BCUT2D eigenvalue weighted by molar-refractivity contribution is -0.140. The van der Waals surface area contributed by atoms with Crippen LogP contribution < -0.4 is 9.62 Å². The first-order chi connectivity index (χ1) is 19.6. The number of carbonyl (C=O) groups is 2. The molecule has 10 heteroatoms. The third-order valence-electron chi connectivity index (χ3n) is 6.67. The van der Waals surface area contributed by atoms with Crippen molar-refractivity contribution in [3.05, 3.63) is 112 Å². The number of fused-ring (bicyclic) bond motifs is 1. The van der Waals surface area contributed by atoms with E-state index < -0.39 is 28.5 Å². The molecule has 0 radical (unpaired) electrons. The summed E-state index contributed by atoms with van der Waals surface area (Å²) in [5.74, 6) is -0.887. The normalized spacial score (nSPS) is 12.1. The highest BCUT2D eigenvalue weighted by Gasteiger charge is 2.33. The van der Waals surface area contributed by atoms with Crippen LogP contribution in [0.4, 0.5) is 5.69 Å². The molecule has 0 heterocycles. The quantitative estimate of drug-likeness (QED) is 0.236. The van der Waals surface area contributed by atoms with E-state index in [1.165, 1.54) is 4.90 Å². The Bertz CT molecular complexity index is 1640. The van der Waals surface area contributed by atoms with E-state index in [0.717, 1.165) is 21.5 Å². The fraction of sp³-hybridized carbons (Fsp3) is 0.226. The maximum atomic E-state index is 14.2. The Kier molecular flexibility index (Phi) is 9.91. The van der Waals surface area contributed by atoms with E-state index in [-0.39, 0.29) is 18.9 Å². The Labute approximate surface area is 250 Å². The molecule has 4 aromatic rings. The van der Waals surface area contributed by atoms with E-state index in [9.17, 15) is 18.0 Å². The summed E-state index contributed by atoms with van der Waals surface area (Å²) in [5, 5.41) is 5.03. The predicted molar refractivity (Wildman–Crippen MR) is 166 cm³/mol. The molecule has 0 unspecified atom stereocenters. The van der Waals surface area contributed by atoms with Crippen molar-refractivity contribution in [2.24, 2.45) is 0 Å². The number of sulfonamides is 1. The Morgan fingerprint density at radius 1 is 0.854 bits per heavy atom. The number of hydrogen-bond acceptors (Lipinski definition) is 4. The summed E-state index contributed by atoms with van der Waals surface area (Å²) in [4.78, 5) is 29.1. The van der Waals surface area contributed by atoms with Gasteiger partial charge in [-0.15, -0.1) is 0 Å². The summed E-state index contributed by atoms with van der Waals surface area (Å²) in [6.07, 6.45) is 1.30. The molecule has 7 nitrogen and oxygen atoms in total. The Hall–Kier alpha value is -3.59. The van der Waals surface area contributed by atoms with Crippen LogP contribution in [-0.4, -0.2) is 50.5 Å². The predicted octanol–water partition coefficient (Wildman–Crippen LogP) is 5.69. The van der Waals surface area contributed by atoms with Crippen LogP contribution in [0.15, 0.2) is 91.0 Å². The molecule has 214 valence electrons. The summed E-state index contributed by atoms with van der Waals surface area (Å²) in [6.45, 7) is 1.68. The second-order valence-electron chi connectivity index (χ2n) is 9.64. The Morgan fingerprint density at radius 3 is 2.22 bits per heavy atom. The lowest BCUT2D eigenvalue weighted by Gasteiger charge is -2.33. The fourth-order valence-electron chi connectivity index (χ4n) is 4.70. The van der Waals surface area contributed by atoms with Gasteiger partial charge in [0, 0.05) is 24.9 Å². The van der Waals surface area contributed by atoms with Gasteiger partial charge in [0.15, 0.2) is 0 Å². The lowest BCUT2D eigenvalue weighted by Crippen LogP contribution is -2.53. The Balaban J connectivity index is 1.78. The maximum Gasteiger partial charge on any atom is 0.244 e. The van der Waals surface area contributed by atoms with Gasteiger partial charge >= 0.3 is 0 Å². The molecule has 0 saturated heterocycles. The highest BCUT2D eigenvalue weighted by molar-refractivity contribution is 7.92. The monoisotopic (exact) mass is 611 g/mol. The van der Waals surface area contributed by atoms with Crippen LogP contribution in [0.3, 0.4) is 0 Å². The van der Waals surface area contributed by atoms with Crippen molar-refractivity contribution in [1.82, 2.24) is 10.2 Å². The van der Waals surface area contributed by atoms with Crippen molar-refractivity contribution >= 4 is 61.5 Å². The third kappa shape index (κ3) is 7.58. The van der Waals surface area contributed by atoms with Gasteiger partial charge in [-0.1, -0.05) is 96.0 Å². The van der Waals surface area contributed by atoms with Crippen LogP contribution in [-0.2, 0) is 32.6 Å². The molecule has 0 spiro atoms. The van der Waals surface area contributed by atoms with Gasteiger partial charge in [0.25, 0.3) is 0 Å². The number of benzene rings is 4. The van der Waals surface area contributed by atoms with E-state index in [0.29, 0.717) is 33.2 Å². The van der Waals surface area contributed by atoms with Crippen molar-refractivity contribution in [2.45, 2.75) is 25.9 Å². The largest absolute Gasteiger partial charge is 0.355 e. The first-order valence-electron chi connectivity index (χ1n) is 13.1. The molecule has 0 bridgehead atoms. The van der Waals surface area contributed by atoms with Gasteiger partial charge in [-0.25, -0.2) is 8.42 Å². The van der Waals surface area contributed by atoms with Crippen LogP contribution >= 0.6 is 23.2 Å². The van der Waals surface area contributed by atoms with Crippen molar-refractivity contribution in [3.63, 3.8) is 0 Å². The molecular formula is C31H31Cl2N3O4S. The number of likely N-dealkylation sites (N-methyl/N-ethyl adjacent to an activating group) is 1. The molecule has 2 amide bonds. The smallest absolute Gasteiger partial charge is 0.244 e. The molecule has 1 N–H and O–H groups in total. The average Bonchev–Trinajstić information content (AvgIpc) is 2.95. The van der Waals surface area contributed by atoms with Gasteiger partial charge in [0.05, 0.1) is 22.0 Å². The molecule has 0 aliphatic carbocycles. The fourth-order valence-corrected chi connectivity index (χ4v) is 5.88. The molecule has 0 fully saturated rings. The standard InChI is InChI=1S/C31H31Cl2N3O4S/c1-3-34-31(38)29(19-22-10-5-4-6-11-22)35(20-23-16-17-26(32)27(33)18-23)30(37)21-36(41(2,39)40)28-15-9-13-24-12-7-8-14-25(24)28/h4-18,29H,3,19-21H2,1-2H3,(H,34,38)/t29-/m0/s1. The molecule has 0 saturated carbocycles. The highest BCUT2D eigenvalue weighted by Crippen LogP contribution is 2.29. The minimum Gasteiger partial charge on any atom is -0.355 e. The summed E-state index contributed by atoms with van der Waals surface area (Å²) < 4.78 is 27.3. The summed E-state index contributed by atoms with van der Waals surface area (Å²) >= 11 is 12.4. The third-order valence-corrected chi connectivity index (χ3v) is 8.54. The molecular weight excluding hydrogens is 581 g/mol. The minimum atomic E-state index is -3.89. The van der Waals surface area contributed by atoms with Crippen LogP contribution in [0.5, 0.6) is 0 Å². The van der Waals surface area contributed by atoms with E-state index in [1.54, 1.807) is 37.3 Å². The number of hydrogen-bond donors (Lipinski definition) is 1. The molecule has 1 atom stereocenters. The van der Waals surface area contributed by atoms with Gasteiger partial charge in [0.2, 0.25) is 21.8 Å². The second kappa shape index (κ2) is 13.4. The zero-order chi connectivity index (χ0) is 29.6. The summed E-state index contributed by atoms with van der Waals surface area (Å²) in [7, 11) is -3.89. The average molecular weight is 613 g/mol. The number of halogens is 2. The van der Waals surface area contributed by atoms with Gasteiger partial charge < -0.3 is 10.2 Å². The first-order valence-corrected chi connectivity index (χ1v) is 15.7. The van der Waals surface area contributed by atoms with Crippen LogP contribution in [0, 0.1) is 0 Å². The summed E-state index contributed by atoms with van der Waals surface area (Å²) in [6, 6.07) is 26.1. The van der Waals surface area contributed by atoms with E-state index in [4.69, 9.17) is 23.2 Å². The van der Waals surface area contributed by atoms with Crippen LogP contribution in [0.1, 0.15) is 18.1 Å². The van der Waals surface area contributed by atoms with Gasteiger partial charge in [-0.05, 0) is 41.6 Å². The van der Waals surface area contributed by atoms with E-state index in [2.05, 4.69) is 5.32 Å². The molecule has 4 rings (SSSR count). The molecule has 41 heavy (non-hydrogen) atoms. The number of anilines is 1. The van der Waals surface area contributed by atoms with Crippen LogP contribution in [0.25, 0.3) is 10.8 Å². The first kappa shape index (κ1) is 30.4. The molecule has 0 aliphatic rings. The topological polar surface area (TPSA) is 86.8 Å². The molecule has 4 aromatic carbocycles. The maximum absolute atomic E-state index is 14.2. The molecule has 0 aliphatic heterocycles. The summed E-state index contributed by atoms with van der Waals surface area (Å²) in [5.41, 5.74) is 1.88. The van der Waals surface area contributed by atoms with E-state index >= 15 is 0 Å². The number of nitrogens with one attached hydrogen (secondary N) is 1. The van der Waals surface area contributed by atoms with Crippen molar-refractivity contribution in [2.75, 3.05) is 23.7 Å². The van der Waals surface area contributed by atoms with Gasteiger partial charge in [-0.3, -0.25) is 13.9 Å². The van der Waals surface area contributed by atoms with Gasteiger partial charge in [-0.2, -0.15) is 0 Å². The van der Waals surface area contributed by atoms with Crippen molar-refractivity contribution in [1.29, 1.82) is 0 Å². The Morgan fingerprint density at radius 2 is 1.54 bits per heavy atom. The molecule has 0 aromatic heterocycles. The van der Waals surface area contributed by atoms with Crippen molar-refractivity contribution < 1.29 is 18.0 Å². The zero-order valence-corrected chi connectivity index (χ0v) is 25.1. The lowest BCUT2D eigenvalue weighted by atomic mass is 10.0. The van der Waals surface area contributed by atoms with E-state index in [1.807, 2.05) is 60.7 Å². The highest BCUT2D eigenvalue weighted by atomic mass is 35.5. The number of amides is 2. The number of carbonyl (C=O) groups excluding carboxylic acids is 2. The SMILES string of the molecule is CCNC(=O)[C@H](Cc1ccccc1)N(Cc1ccc(Cl)c(Cl)c1)C(=O)CN(c1cccc2ccccc12)S(C)(=O)=O. The number of nitrogens with zero attached hydrogens (tertiary/aromatic N) is 2. The minimum absolute atomic E-state index is 0.0114. The van der Waals surface area contributed by atoms with Crippen molar-refractivity contribution in [3.8, 4) is 0 Å². The zero-order valence-electron chi connectivity index (χ0n) is 22.8. The second-order valence-corrected chi connectivity index (χ2v) is 12.4. The van der Waals surface area contributed by atoms with Crippen LogP contribution in [0.2, 0.25) is 10.0 Å².